The van der Waals surface area contributed by atoms with E-state index in [0.29, 0.717) is 66.1 Å². The molecule has 1 aliphatic rings. The van der Waals surface area contributed by atoms with Gasteiger partial charge < -0.3 is 33.7 Å². The Morgan fingerprint density at radius 2 is 0.870 bits per heavy atom. The smallest absolute Gasteiger partial charge is 0.0701 e. The molecule has 0 unspecified atom stereocenters. The van der Waals surface area contributed by atoms with Gasteiger partial charge in [0, 0.05) is 26.3 Å². The molecule has 23 heavy (non-hydrogen) atoms. The van der Waals surface area contributed by atoms with Crippen LogP contribution >= 0.6 is 0 Å². The third kappa shape index (κ3) is 21.7. The van der Waals surface area contributed by atoms with Crippen LogP contribution in [-0.2, 0) is 28.4 Å². The molecule has 0 amide bonds. The Hall–Kier alpha value is -0.280. The molecular weight excluding hydrogens is 302 g/mol. The van der Waals surface area contributed by atoms with Crippen LogP contribution in [0.25, 0.3) is 0 Å². The van der Waals surface area contributed by atoms with Crippen LogP contribution in [0.15, 0.2) is 0 Å². The fraction of sp³-hybridized carbons (Fsp3) is 1.00. The molecule has 0 aromatic carbocycles. The first-order valence-corrected chi connectivity index (χ1v) is 8.59. The second kappa shape index (κ2) is 21.7. The van der Waals surface area contributed by atoms with Gasteiger partial charge in [-0.1, -0.05) is 0 Å². The van der Waals surface area contributed by atoms with Crippen LogP contribution in [0, 0.1) is 0 Å². The monoisotopic (exact) mass is 337 g/mol. The van der Waals surface area contributed by atoms with E-state index in [1.165, 1.54) is 0 Å². The maximum Gasteiger partial charge on any atom is 0.0701 e. The molecular formula is C16H35NO6. The first-order valence-electron chi connectivity index (χ1n) is 8.59. The summed E-state index contributed by atoms with van der Waals surface area (Å²) in [6, 6.07) is 0. The summed E-state index contributed by atoms with van der Waals surface area (Å²) in [5.41, 5.74) is 0. The Bertz CT molecular complexity index is 132. The molecule has 7 nitrogen and oxygen atoms in total. The third-order valence-electron chi connectivity index (χ3n) is 2.74. The standard InChI is InChI=1S/C12H25NO5.C4H10O/c1-3-14-5-7-16-9-11-18-12-10-17-8-6-15-4-2-13-1;1-3-5-4-2/h13H,1-12H2;3-4H2,1-2H3. The predicted molar refractivity (Wildman–Crippen MR) is 89.1 cm³/mol. The maximum atomic E-state index is 5.39. The van der Waals surface area contributed by atoms with Crippen LogP contribution in [0.5, 0.6) is 0 Å². The minimum Gasteiger partial charge on any atom is -0.382 e. The van der Waals surface area contributed by atoms with Crippen molar-refractivity contribution in [3.8, 4) is 0 Å². The molecule has 140 valence electrons. The average Bonchev–Trinajstić information content (AvgIpc) is 2.56. The van der Waals surface area contributed by atoms with E-state index in [4.69, 9.17) is 28.4 Å². The van der Waals surface area contributed by atoms with Crippen molar-refractivity contribution < 1.29 is 28.4 Å². The van der Waals surface area contributed by atoms with Gasteiger partial charge in [0.15, 0.2) is 0 Å². The van der Waals surface area contributed by atoms with Gasteiger partial charge in [-0.15, -0.1) is 0 Å². The summed E-state index contributed by atoms with van der Waals surface area (Å²) < 4.78 is 31.6. The van der Waals surface area contributed by atoms with E-state index in [1.807, 2.05) is 13.8 Å². The Labute approximate surface area is 140 Å². The highest BCUT2D eigenvalue weighted by atomic mass is 16.6. The van der Waals surface area contributed by atoms with Crippen molar-refractivity contribution >= 4 is 0 Å². The number of rotatable bonds is 2. The van der Waals surface area contributed by atoms with Gasteiger partial charge in [0.1, 0.15) is 0 Å². The van der Waals surface area contributed by atoms with Crippen LogP contribution in [0.2, 0.25) is 0 Å². The van der Waals surface area contributed by atoms with Crippen molar-refractivity contribution in [1.29, 1.82) is 0 Å². The van der Waals surface area contributed by atoms with E-state index in [-0.39, 0.29) is 0 Å². The molecule has 0 spiro atoms. The summed E-state index contributed by atoms with van der Waals surface area (Å²) in [5, 5.41) is 3.24. The normalized spacial score (nSPS) is 20.6. The molecule has 1 saturated heterocycles. The van der Waals surface area contributed by atoms with Crippen molar-refractivity contribution in [3.63, 3.8) is 0 Å². The van der Waals surface area contributed by atoms with Gasteiger partial charge >= 0.3 is 0 Å². The number of nitrogens with one attached hydrogen (secondary N) is 1. The van der Waals surface area contributed by atoms with Crippen LogP contribution in [0.4, 0.5) is 0 Å². The minimum absolute atomic E-state index is 0.599. The molecule has 1 N–H and O–H groups in total. The van der Waals surface area contributed by atoms with Crippen molar-refractivity contribution in [2.45, 2.75) is 13.8 Å². The van der Waals surface area contributed by atoms with E-state index >= 15 is 0 Å². The molecule has 7 heteroatoms. The molecule has 0 aromatic heterocycles. The first-order chi connectivity index (χ1) is 11.4. The SMILES string of the molecule is C1COCCOCCOCCOCCOCCN1.CCOCC. The molecule has 0 radical (unpaired) electrons. The summed E-state index contributed by atoms with van der Waals surface area (Å²) in [4.78, 5) is 0. The maximum absolute atomic E-state index is 5.39. The zero-order valence-corrected chi connectivity index (χ0v) is 14.8. The van der Waals surface area contributed by atoms with Crippen molar-refractivity contribution in [2.75, 3.05) is 92.4 Å². The lowest BCUT2D eigenvalue weighted by atomic mass is 10.6. The second-order valence-electron chi connectivity index (χ2n) is 4.59. The number of ether oxygens (including phenoxy) is 6. The molecule has 0 bridgehead atoms. The summed E-state index contributed by atoms with van der Waals surface area (Å²) in [7, 11) is 0. The topological polar surface area (TPSA) is 67.4 Å². The highest BCUT2D eigenvalue weighted by Gasteiger charge is 1.95. The Morgan fingerprint density at radius 3 is 1.13 bits per heavy atom. The number of hydrogen-bond donors (Lipinski definition) is 1. The van der Waals surface area contributed by atoms with Crippen molar-refractivity contribution in [2.24, 2.45) is 0 Å². The molecule has 1 heterocycles. The third-order valence-corrected chi connectivity index (χ3v) is 2.74. The molecule has 0 aromatic rings. The predicted octanol–water partition coefficient (Wildman–Crippen LogP) is 0.715. The number of hydrogen-bond acceptors (Lipinski definition) is 7. The molecule has 1 aliphatic heterocycles. The molecule has 1 rings (SSSR count). The van der Waals surface area contributed by atoms with Crippen LogP contribution < -0.4 is 5.32 Å². The molecule has 0 aliphatic carbocycles. The van der Waals surface area contributed by atoms with E-state index < -0.39 is 0 Å². The van der Waals surface area contributed by atoms with Gasteiger partial charge in [-0.2, -0.15) is 0 Å². The van der Waals surface area contributed by atoms with Gasteiger partial charge in [0.05, 0.1) is 66.1 Å². The lowest BCUT2D eigenvalue weighted by molar-refractivity contribution is -0.0125. The van der Waals surface area contributed by atoms with Crippen LogP contribution in [-0.4, -0.2) is 92.4 Å². The van der Waals surface area contributed by atoms with Gasteiger partial charge in [0.25, 0.3) is 0 Å². The first kappa shape index (κ1) is 22.7. The minimum atomic E-state index is 0.599. The van der Waals surface area contributed by atoms with Crippen LogP contribution in [0.1, 0.15) is 13.8 Å². The largest absolute Gasteiger partial charge is 0.382 e. The van der Waals surface area contributed by atoms with Crippen molar-refractivity contribution in [3.05, 3.63) is 0 Å². The lowest BCUT2D eigenvalue weighted by Gasteiger charge is -2.10. The van der Waals surface area contributed by atoms with Gasteiger partial charge in [-0.05, 0) is 13.8 Å². The Balaban J connectivity index is 0.000000841. The lowest BCUT2D eigenvalue weighted by Crippen LogP contribution is -2.25. The van der Waals surface area contributed by atoms with Crippen molar-refractivity contribution in [1.82, 2.24) is 5.32 Å². The zero-order valence-electron chi connectivity index (χ0n) is 14.8. The summed E-state index contributed by atoms with van der Waals surface area (Å²) in [6.07, 6.45) is 0. The fourth-order valence-corrected chi connectivity index (χ4v) is 1.60. The highest BCUT2D eigenvalue weighted by molar-refractivity contribution is 4.45. The van der Waals surface area contributed by atoms with E-state index in [2.05, 4.69) is 5.32 Å². The second-order valence-corrected chi connectivity index (χ2v) is 4.59. The quantitative estimate of drug-likeness (QED) is 0.796. The average molecular weight is 337 g/mol. The zero-order chi connectivity index (χ0) is 16.8. The highest BCUT2D eigenvalue weighted by Crippen LogP contribution is 1.84. The van der Waals surface area contributed by atoms with E-state index in [1.54, 1.807) is 0 Å². The van der Waals surface area contributed by atoms with Crippen LogP contribution in [0.3, 0.4) is 0 Å². The molecule has 0 saturated carbocycles. The van der Waals surface area contributed by atoms with Gasteiger partial charge in [-0.25, -0.2) is 0 Å². The summed E-state index contributed by atoms with van der Waals surface area (Å²) in [5.74, 6) is 0. The summed E-state index contributed by atoms with van der Waals surface area (Å²) >= 11 is 0. The fourth-order valence-electron chi connectivity index (χ4n) is 1.60. The Morgan fingerprint density at radius 1 is 0.565 bits per heavy atom. The summed E-state index contributed by atoms with van der Waals surface area (Å²) in [6.45, 7) is 13.6. The van der Waals surface area contributed by atoms with Gasteiger partial charge in [0.2, 0.25) is 0 Å². The molecule has 1 fully saturated rings. The van der Waals surface area contributed by atoms with E-state index in [9.17, 15) is 0 Å². The van der Waals surface area contributed by atoms with E-state index in [0.717, 1.165) is 26.3 Å². The molecule has 0 atom stereocenters. The van der Waals surface area contributed by atoms with Gasteiger partial charge in [-0.3, -0.25) is 0 Å². The Kier molecular flexibility index (Phi) is 21.5.